The maximum Gasteiger partial charge on any atom is 0.188 e. The molecule has 2 bridgehead atoms. The Morgan fingerprint density at radius 3 is 2.62 bits per heavy atom. The van der Waals surface area contributed by atoms with E-state index in [9.17, 15) is 0 Å². The predicted molar refractivity (Wildman–Crippen MR) is 67.4 cm³/mol. The van der Waals surface area contributed by atoms with Crippen molar-refractivity contribution in [2.45, 2.75) is 32.7 Å². The molecule has 3 N–H and O–H groups in total. The Kier molecular flexibility index (Phi) is 3.69. The third kappa shape index (κ3) is 2.88. The van der Waals surface area contributed by atoms with Gasteiger partial charge in [0, 0.05) is 19.1 Å². The van der Waals surface area contributed by atoms with E-state index in [1.54, 1.807) is 0 Å². The number of guanidine groups is 1. The molecular weight excluding hydrogens is 200 g/mol. The highest BCUT2D eigenvalue weighted by molar-refractivity contribution is 5.78. The van der Waals surface area contributed by atoms with Crippen LogP contribution in [0.5, 0.6) is 0 Å². The quantitative estimate of drug-likeness (QED) is 0.546. The molecule has 92 valence electrons. The van der Waals surface area contributed by atoms with Gasteiger partial charge >= 0.3 is 0 Å². The van der Waals surface area contributed by atoms with Crippen LogP contribution in [0.4, 0.5) is 0 Å². The first-order valence-electron chi connectivity index (χ1n) is 6.44. The number of fused-ring (bicyclic) bond motifs is 3. The normalized spacial score (nSPS) is 34.4. The minimum absolute atomic E-state index is 0.526. The van der Waals surface area contributed by atoms with E-state index in [-0.39, 0.29) is 0 Å². The first-order valence-corrected chi connectivity index (χ1v) is 6.44. The van der Waals surface area contributed by atoms with Crippen molar-refractivity contribution in [3.8, 4) is 0 Å². The van der Waals surface area contributed by atoms with Crippen molar-refractivity contribution in [2.75, 3.05) is 26.2 Å². The van der Waals surface area contributed by atoms with E-state index in [2.05, 4.69) is 29.1 Å². The Hall–Kier alpha value is -0.770. The van der Waals surface area contributed by atoms with Gasteiger partial charge in [-0.3, -0.25) is 4.99 Å². The van der Waals surface area contributed by atoms with Crippen LogP contribution >= 0.6 is 0 Å². The Morgan fingerprint density at radius 2 is 2.12 bits per heavy atom. The molecule has 3 heterocycles. The van der Waals surface area contributed by atoms with E-state index in [0.717, 1.165) is 19.0 Å². The van der Waals surface area contributed by atoms with Gasteiger partial charge in [0.2, 0.25) is 0 Å². The number of rotatable bonds is 3. The van der Waals surface area contributed by atoms with Crippen LogP contribution in [0, 0.1) is 11.8 Å². The molecule has 0 aliphatic carbocycles. The fraction of sp³-hybridized carbons (Fsp3) is 0.917. The fourth-order valence-electron chi connectivity index (χ4n) is 2.65. The minimum Gasteiger partial charge on any atom is -0.370 e. The molecule has 3 fully saturated rings. The summed E-state index contributed by atoms with van der Waals surface area (Å²) in [5.41, 5.74) is 5.90. The summed E-state index contributed by atoms with van der Waals surface area (Å²) in [7, 11) is 0. The van der Waals surface area contributed by atoms with E-state index in [0.29, 0.717) is 17.9 Å². The highest BCUT2D eigenvalue weighted by atomic mass is 15.2. The van der Waals surface area contributed by atoms with Crippen molar-refractivity contribution in [1.29, 1.82) is 0 Å². The van der Waals surface area contributed by atoms with Gasteiger partial charge < -0.3 is 16.0 Å². The van der Waals surface area contributed by atoms with Gasteiger partial charge in [-0.05, 0) is 37.8 Å². The van der Waals surface area contributed by atoms with Crippen molar-refractivity contribution in [2.24, 2.45) is 22.6 Å². The lowest BCUT2D eigenvalue weighted by atomic mass is 9.84. The molecule has 3 saturated heterocycles. The molecule has 0 aromatic heterocycles. The zero-order valence-corrected chi connectivity index (χ0v) is 10.4. The predicted octanol–water partition coefficient (Wildman–Crippen LogP) is 0.641. The molecule has 0 spiro atoms. The second-order valence-electron chi connectivity index (χ2n) is 5.51. The summed E-state index contributed by atoms with van der Waals surface area (Å²) in [6.07, 6.45) is 2.63. The van der Waals surface area contributed by atoms with E-state index in [4.69, 9.17) is 5.73 Å². The summed E-state index contributed by atoms with van der Waals surface area (Å²) in [5, 5.41) is 3.39. The Morgan fingerprint density at radius 1 is 1.44 bits per heavy atom. The van der Waals surface area contributed by atoms with E-state index in [1.165, 1.54) is 25.9 Å². The molecule has 0 amide bonds. The lowest BCUT2D eigenvalue weighted by Crippen LogP contribution is -2.58. The van der Waals surface area contributed by atoms with Crippen LogP contribution in [0.25, 0.3) is 0 Å². The molecular formula is C12H24N4. The lowest BCUT2D eigenvalue weighted by Gasteiger charge is -2.45. The van der Waals surface area contributed by atoms with Crippen LogP contribution in [0.1, 0.15) is 26.7 Å². The Bertz CT molecular complexity index is 254. The summed E-state index contributed by atoms with van der Waals surface area (Å²) < 4.78 is 0. The lowest BCUT2D eigenvalue weighted by molar-refractivity contribution is 0.0811. The molecule has 0 aromatic carbocycles. The highest BCUT2D eigenvalue weighted by Crippen LogP contribution is 2.27. The maximum absolute atomic E-state index is 5.90. The molecule has 0 saturated carbocycles. The molecule has 4 nitrogen and oxygen atoms in total. The Balaban J connectivity index is 1.83. The van der Waals surface area contributed by atoms with Gasteiger partial charge in [-0.15, -0.1) is 0 Å². The van der Waals surface area contributed by atoms with E-state index < -0.39 is 0 Å². The van der Waals surface area contributed by atoms with Crippen molar-refractivity contribution in [3.05, 3.63) is 0 Å². The Labute approximate surface area is 98.3 Å². The summed E-state index contributed by atoms with van der Waals surface area (Å²) in [4.78, 5) is 6.89. The molecule has 3 rings (SSSR count). The van der Waals surface area contributed by atoms with E-state index in [1.807, 2.05) is 0 Å². The van der Waals surface area contributed by atoms with Crippen LogP contribution in [-0.4, -0.2) is 43.1 Å². The van der Waals surface area contributed by atoms with Crippen molar-refractivity contribution in [3.63, 3.8) is 0 Å². The molecule has 3 aliphatic heterocycles. The number of hydrogen-bond acceptors (Lipinski definition) is 2. The molecule has 16 heavy (non-hydrogen) atoms. The second kappa shape index (κ2) is 5.04. The van der Waals surface area contributed by atoms with Gasteiger partial charge in [-0.1, -0.05) is 13.8 Å². The van der Waals surface area contributed by atoms with Gasteiger partial charge in [-0.2, -0.15) is 0 Å². The van der Waals surface area contributed by atoms with Crippen LogP contribution in [0.15, 0.2) is 4.99 Å². The third-order valence-corrected chi connectivity index (χ3v) is 3.62. The largest absolute Gasteiger partial charge is 0.370 e. The van der Waals surface area contributed by atoms with E-state index >= 15 is 0 Å². The van der Waals surface area contributed by atoms with Crippen LogP contribution < -0.4 is 11.1 Å². The van der Waals surface area contributed by atoms with Gasteiger partial charge in [0.05, 0.1) is 0 Å². The minimum atomic E-state index is 0.526. The average molecular weight is 224 g/mol. The molecule has 0 radical (unpaired) electrons. The second-order valence-corrected chi connectivity index (χ2v) is 5.51. The topological polar surface area (TPSA) is 53.6 Å². The molecule has 1 atom stereocenters. The number of hydrogen-bond donors (Lipinski definition) is 2. The summed E-state index contributed by atoms with van der Waals surface area (Å²) in [5.74, 6) is 2.01. The van der Waals surface area contributed by atoms with Gasteiger partial charge in [0.1, 0.15) is 0 Å². The SMILES string of the molecule is CC(C)CN=C(N)NC1CN2CCC1CC2. The first-order chi connectivity index (χ1) is 7.65. The van der Waals surface area contributed by atoms with Crippen LogP contribution in [-0.2, 0) is 0 Å². The summed E-state index contributed by atoms with van der Waals surface area (Å²) >= 11 is 0. The van der Waals surface area contributed by atoms with Crippen LogP contribution in [0.2, 0.25) is 0 Å². The number of nitrogens with zero attached hydrogens (tertiary/aromatic N) is 2. The fourth-order valence-corrected chi connectivity index (χ4v) is 2.65. The third-order valence-electron chi connectivity index (χ3n) is 3.62. The summed E-state index contributed by atoms with van der Waals surface area (Å²) in [6.45, 7) is 8.82. The highest BCUT2D eigenvalue weighted by Gasteiger charge is 2.34. The van der Waals surface area contributed by atoms with Crippen molar-refractivity contribution < 1.29 is 0 Å². The molecule has 3 aliphatic rings. The van der Waals surface area contributed by atoms with Crippen LogP contribution in [0.3, 0.4) is 0 Å². The molecule has 0 aromatic rings. The molecule has 1 unspecified atom stereocenters. The van der Waals surface area contributed by atoms with Gasteiger partial charge in [0.15, 0.2) is 5.96 Å². The summed E-state index contributed by atoms with van der Waals surface area (Å²) in [6, 6.07) is 0.526. The average Bonchev–Trinajstić information content (AvgIpc) is 2.28. The standard InChI is InChI=1S/C12H24N4/c1-9(2)7-14-12(13)15-11-8-16-5-3-10(11)4-6-16/h9-11H,3-8H2,1-2H3,(H3,13,14,15). The number of nitrogens with one attached hydrogen (secondary N) is 1. The van der Waals surface area contributed by atoms with Gasteiger partial charge in [-0.25, -0.2) is 0 Å². The first kappa shape index (κ1) is 11.7. The monoisotopic (exact) mass is 224 g/mol. The number of aliphatic imine (C=N–C) groups is 1. The number of piperidine rings is 3. The maximum atomic E-state index is 5.90. The smallest absolute Gasteiger partial charge is 0.188 e. The number of nitrogens with two attached hydrogens (primary N) is 1. The van der Waals surface area contributed by atoms with Crippen molar-refractivity contribution >= 4 is 5.96 Å². The zero-order valence-electron chi connectivity index (χ0n) is 10.4. The zero-order chi connectivity index (χ0) is 11.5. The van der Waals surface area contributed by atoms with Gasteiger partial charge in [0.25, 0.3) is 0 Å². The molecule has 4 heteroatoms. The van der Waals surface area contributed by atoms with Crippen molar-refractivity contribution in [1.82, 2.24) is 10.2 Å².